The van der Waals surface area contributed by atoms with Gasteiger partial charge in [0.25, 0.3) is 5.91 Å². The van der Waals surface area contributed by atoms with Crippen molar-refractivity contribution in [2.24, 2.45) is 5.92 Å². The van der Waals surface area contributed by atoms with Crippen LogP contribution in [-0.2, 0) is 6.42 Å². The fraction of sp³-hybridized carbons (Fsp3) is 0.533. The zero-order valence-corrected chi connectivity index (χ0v) is 15.3. The number of halogens is 1. The maximum atomic E-state index is 12.2. The van der Waals surface area contributed by atoms with E-state index in [1.165, 1.54) is 11.3 Å². The third-order valence-electron chi connectivity index (χ3n) is 3.43. The average molecular weight is 359 g/mol. The highest BCUT2D eigenvalue weighted by molar-refractivity contribution is 7.12. The number of carbonyl (C=O) groups is 1. The van der Waals surface area contributed by atoms with Crippen molar-refractivity contribution < 1.29 is 9.32 Å². The number of amides is 1. The fourth-order valence-electron chi connectivity index (χ4n) is 1.99. The smallest absolute Gasteiger partial charge is 0.262 e. The summed E-state index contributed by atoms with van der Waals surface area (Å²) in [5, 5.41) is 12.0. The normalized spacial score (nSPS) is 13.4. The highest BCUT2D eigenvalue weighted by atomic mass is 35.5. The molecule has 0 spiro atoms. The van der Waals surface area contributed by atoms with Crippen molar-refractivity contribution in [1.82, 2.24) is 20.8 Å². The van der Waals surface area contributed by atoms with E-state index < -0.39 is 0 Å². The standard InChI is InChI=1S/C15H22N4O2S.ClH/c1-9(2)13(18-14(20)11-6-5-7-22-11)15-17-12(19-21-15)8-10(3)16-4;/h5-7,9-10,13,16H,8H2,1-4H3,(H,18,20);1H. The van der Waals surface area contributed by atoms with Crippen LogP contribution in [0.25, 0.3) is 0 Å². The highest BCUT2D eigenvalue weighted by Crippen LogP contribution is 2.21. The van der Waals surface area contributed by atoms with Crippen LogP contribution >= 0.6 is 23.7 Å². The van der Waals surface area contributed by atoms with Crippen molar-refractivity contribution in [3.05, 3.63) is 34.1 Å². The topological polar surface area (TPSA) is 80.0 Å². The van der Waals surface area contributed by atoms with Gasteiger partial charge in [-0.3, -0.25) is 4.79 Å². The molecule has 2 aromatic heterocycles. The number of aromatic nitrogens is 2. The molecule has 0 aliphatic heterocycles. The quantitative estimate of drug-likeness (QED) is 0.795. The Morgan fingerprint density at radius 3 is 2.70 bits per heavy atom. The lowest BCUT2D eigenvalue weighted by atomic mass is 10.0. The first kappa shape index (κ1) is 19.6. The molecule has 2 unspecified atom stereocenters. The van der Waals surface area contributed by atoms with Gasteiger partial charge in [0.2, 0.25) is 5.89 Å². The molecule has 2 rings (SSSR count). The van der Waals surface area contributed by atoms with E-state index in [1.54, 1.807) is 6.07 Å². The second kappa shape index (κ2) is 9.00. The lowest BCUT2D eigenvalue weighted by Crippen LogP contribution is -2.31. The minimum atomic E-state index is -0.291. The summed E-state index contributed by atoms with van der Waals surface area (Å²) < 4.78 is 5.35. The maximum Gasteiger partial charge on any atom is 0.262 e. The van der Waals surface area contributed by atoms with Gasteiger partial charge in [0.1, 0.15) is 6.04 Å². The van der Waals surface area contributed by atoms with Crippen molar-refractivity contribution in [2.45, 2.75) is 39.3 Å². The molecule has 0 saturated carbocycles. The van der Waals surface area contributed by atoms with Gasteiger partial charge in [-0.25, -0.2) is 0 Å². The predicted molar refractivity (Wildman–Crippen MR) is 93.1 cm³/mol. The van der Waals surface area contributed by atoms with E-state index in [0.29, 0.717) is 23.0 Å². The second-order valence-electron chi connectivity index (χ2n) is 5.62. The number of nitrogens with zero attached hydrogens (tertiary/aromatic N) is 2. The van der Waals surface area contributed by atoms with Crippen molar-refractivity contribution in [2.75, 3.05) is 7.05 Å². The molecule has 23 heavy (non-hydrogen) atoms. The van der Waals surface area contributed by atoms with Crippen LogP contribution < -0.4 is 10.6 Å². The number of carbonyl (C=O) groups excluding carboxylic acids is 1. The SMILES string of the molecule is CNC(C)Cc1noc(C(NC(=O)c2cccs2)C(C)C)n1.Cl. The van der Waals surface area contributed by atoms with Gasteiger partial charge in [-0.15, -0.1) is 23.7 Å². The van der Waals surface area contributed by atoms with Crippen molar-refractivity contribution in [3.63, 3.8) is 0 Å². The molecule has 0 aromatic carbocycles. The lowest BCUT2D eigenvalue weighted by molar-refractivity contribution is 0.0918. The molecular formula is C15H23ClN4O2S. The first-order valence-electron chi connectivity index (χ1n) is 7.35. The van der Waals surface area contributed by atoms with Gasteiger partial charge < -0.3 is 15.2 Å². The van der Waals surface area contributed by atoms with Gasteiger partial charge in [-0.1, -0.05) is 25.1 Å². The molecule has 128 valence electrons. The summed E-state index contributed by atoms with van der Waals surface area (Å²) >= 11 is 1.41. The van der Waals surface area contributed by atoms with Crippen LogP contribution in [0.15, 0.2) is 22.0 Å². The van der Waals surface area contributed by atoms with Gasteiger partial charge in [0.15, 0.2) is 5.82 Å². The van der Waals surface area contributed by atoms with Gasteiger partial charge in [0.05, 0.1) is 4.88 Å². The Kier molecular flexibility index (Phi) is 7.67. The third-order valence-corrected chi connectivity index (χ3v) is 4.30. The van der Waals surface area contributed by atoms with Gasteiger partial charge in [0, 0.05) is 12.5 Å². The van der Waals surface area contributed by atoms with Crippen LogP contribution in [0.4, 0.5) is 0 Å². The molecule has 6 nitrogen and oxygen atoms in total. The van der Waals surface area contributed by atoms with Crippen LogP contribution in [0.5, 0.6) is 0 Å². The molecule has 2 heterocycles. The first-order valence-corrected chi connectivity index (χ1v) is 8.23. The van der Waals surface area contributed by atoms with Crippen molar-refractivity contribution in [1.29, 1.82) is 0 Å². The Bertz CT molecular complexity index is 600. The van der Waals surface area contributed by atoms with Gasteiger partial charge in [-0.2, -0.15) is 4.98 Å². The molecule has 0 aliphatic carbocycles. The summed E-state index contributed by atoms with van der Waals surface area (Å²) in [5.41, 5.74) is 0. The van der Waals surface area contributed by atoms with Crippen LogP contribution in [0.1, 0.15) is 48.2 Å². The zero-order valence-electron chi connectivity index (χ0n) is 13.7. The minimum absolute atomic E-state index is 0. The molecule has 0 aliphatic rings. The summed E-state index contributed by atoms with van der Waals surface area (Å²) in [6, 6.07) is 3.63. The number of thiophene rings is 1. The van der Waals surface area contributed by atoms with E-state index in [9.17, 15) is 4.79 Å². The molecule has 2 aromatic rings. The number of nitrogens with one attached hydrogen (secondary N) is 2. The Labute approximate surface area is 146 Å². The van der Waals surface area contributed by atoms with E-state index >= 15 is 0 Å². The van der Waals surface area contributed by atoms with Crippen molar-refractivity contribution in [3.8, 4) is 0 Å². The fourth-order valence-corrected chi connectivity index (χ4v) is 2.61. The second-order valence-corrected chi connectivity index (χ2v) is 6.56. The molecule has 0 fully saturated rings. The van der Waals surface area contributed by atoms with E-state index in [4.69, 9.17) is 4.52 Å². The highest BCUT2D eigenvalue weighted by Gasteiger charge is 2.25. The predicted octanol–water partition coefficient (Wildman–Crippen LogP) is 2.83. The molecule has 2 N–H and O–H groups in total. The Morgan fingerprint density at radius 2 is 2.13 bits per heavy atom. The number of hydrogen-bond acceptors (Lipinski definition) is 6. The van der Waals surface area contributed by atoms with E-state index in [2.05, 4.69) is 27.7 Å². The van der Waals surface area contributed by atoms with E-state index in [-0.39, 0.29) is 36.3 Å². The van der Waals surface area contributed by atoms with Crippen LogP contribution in [-0.4, -0.2) is 29.1 Å². The van der Waals surface area contributed by atoms with E-state index in [0.717, 1.165) is 0 Å². The third kappa shape index (κ3) is 5.30. The molecule has 0 saturated heterocycles. The zero-order chi connectivity index (χ0) is 16.1. The largest absolute Gasteiger partial charge is 0.339 e. The van der Waals surface area contributed by atoms with Gasteiger partial charge >= 0.3 is 0 Å². The number of likely N-dealkylation sites (N-methyl/N-ethyl adjacent to an activating group) is 1. The molecule has 2 atom stereocenters. The summed E-state index contributed by atoms with van der Waals surface area (Å²) in [6.07, 6.45) is 0.684. The molecule has 0 bridgehead atoms. The van der Waals surface area contributed by atoms with Crippen molar-refractivity contribution >= 4 is 29.7 Å². The Balaban J connectivity index is 0.00000264. The number of hydrogen-bond donors (Lipinski definition) is 2. The molecule has 0 radical (unpaired) electrons. The maximum absolute atomic E-state index is 12.2. The summed E-state index contributed by atoms with van der Waals surface area (Å²) in [5.74, 6) is 1.14. The first-order chi connectivity index (χ1) is 10.5. The van der Waals surface area contributed by atoms with Crippen LogP contribution in [0, 0.1) is 5.92 Å². The lowest BCUT2D eigenvalue weighted by Gasteiger charge is -2.18. The summed E-state index contributed by atoms with van der Waals surface area (Å²) in [4.78, 5) is 17.3. The Morgan fingerprint density at radius 1 is 1.39 bits per heavy atom. The van der Waals surface area contributed by atoms with Crippen LogP contribution in [0.3, 0.4) is 0 Å². The number of rotatable bonds is 7. The Hall–Kier alpha value is -1.44. The molecule has 1 amide bonds. The minimum Gasteiger partial charge on any atom is -0.339 e. The van der Waals surface area contributed by atoms with Gasteiger partial charge in [-0.05, 0) is 31.3 Å². The molecule has 8 heteroatoms. The summed E-state index contributed by atoms with van der Waals surface area (Å²) in [6.45, 7) is 6.08. The average Bonchev–Trinajstić information content (AvgIpc) is 3.15. The van der Waals surface area contributed by atoms with E-state index in [1.807, 2.05) is 32.3 Å². The van der Waals surface area contributed by atoms with Crippen LogP contribution in [0.2, 0.25) is 0 Å². The molecular weight excluding hydrogens is 336 g/mol. The monoisotopic (exact) mass is 358 g/mol. The summed E-state index contributed by atoms with van der Waals surface area (Å²) in [7, 11) is 1.89.